The molecule has 0 amide bonds. The van der Waals surface area contributed by atoms with E-state index in [9.17, 15) is 13.0 Å². The molecule has 1 N–H and O–H groups in total. The molecule has 3 aliphatic rings. The third-order valence-corrected chi connectivity index (χ3v) is 12.2. The van der Waals surface area contributed by atoms with Crippen LogP contribution >= 0.6 is 11.6 Å². The maximum absolute atomic E-state index is 11.6. The number of anilines is 1. The second-order valence-electron chi connectivity index (χ2n) is 14.9. The van der Waals surface area contributed by atoms with Gasteiger partial charge in [0.15, 0.2) is 5.71 Å². The number of allylic oxidation sites excluding steroid dienone is 5. The summed E-state index contributed by atoms with van der Waals surface area (Å²) in [6, 6.07) is 25.9. The number of nitrogens with zero attached hydrogens (tertiary/aromatic N) is 2. The fraction of sp³-hybridized carbons (Fsp3) is 0.349. The summed E-state index contributed by atoms with van der Waals surface area (Å²) in [5.41, 5.74) is 12.8. The van der Waals surface area contributed by atoms with E-state index < -0.39 is 10.1 Å². The van der Waals surface area contributed by atoms with E-state index in [1.807, 2.05) is 0 Å². The van der Waals surface area contributed by atoms with Crippen LogP contribution in [0, 0.1) is 0 Å². The Balaban J connectivity index is 1.23. The lowest BCUT2D eigenvalue weighted by molar-refractivity contribution is -0.437. The fourth-order valence-corrected chi connectivity index (χ4v) is 9.43. The average Bonchev–Trinajstić information content (AvgIpc) is 3.62. The van der Waals surface area contributed by atoms with E-state index in [2.05, 4.69) is 135 Å². The van der Waals surface area contributed by atoms with Crippen LogP contribution in [0.4, 0.5) is 11.4 Å². The number of hydrogen-bond donors (Lipinski definition) is 1. The molecule has 50 heavy (non-hydrogen) atoms. The molecule has 2 heterocycles. The Morgan fingerprint density at radius 3 is 2.24 bits per heavy atom. The maximum Gasteiger partial charge on any atom is 0.264 e. The Kier molecular flexibility index (Phi) is 8.97. The monoisotopic (exact) mass is 705 g/mol. The molecule has 4 aromatic carbocycles. The first-order chi connectivity index (χ1) is 23.8. The summed E-state index contributed by atoms with van der Waals surface area (Å²) >= 11 is 7.16. The van der Waals surface area contributed by atoms with Crippen LogP contribution in [0.5, 0.6) is 0 Å². The Morgan fingerprint density at radius 1 is 0.900 bits per heavy atom. The standard InChI is InChI=1S/C43H45ClN2O3S/c1-6-26-45-35-22-18-29-12-7-9-14-33(29)39(35)42(2,3)37(45)24-20-31-16-17-32(41(31)44)21-25-38-43(4,5)40-34-15-10-8-13-30(34)19-23-36(40)46(38)27-11-28-50(47,48)49/h7-10,12-15,18-19,22-25H,6,11,16-17,21,26-28H2,1-5H3/p+1. The van der Waals surface area contributed by atoms with Crippen LogP contribution in [0.1, 0.15) is 77.8 Å². The first-order valence-corrected chi connectivity index (χ1v) is 19.8. The second kappa shape index (κ2) is 13.0. The third-order valence-electron chi connectivity index (χ3n) is 10.9. The number of rotatable bonds is 9. The van der Waals surface area contributed by atoms with Crippen molar-refractivity contribution in [3.05, 3.63) is 124 Å². The van der Waals surface area contributed by atoms with Gasteiger partial charge in [0.2, 0.25) is 5.69 Å². The predicted octanol–water partition coefficient (Wildman–Crippen LogP) is 10.5. The first kappa shape index (κ1) is 34.5. The summed E-state index contributed by atoms with van der Waals surface area (Å²) in [6.45, 7) is 12.8. The van der Waals surface area contributed by atoms with Gasteiger partial charge in [-0.1, -0.05) is 93.0 Å². The zero-order chi connectivity index (χ0) is 35.4. The minimum absolute atomic E-state index is 0.187. The second-order valence-corrected chi connectivity index (χ2v) is 16.9. The van der Waals surface area contributed by atoms with Crippen molar-refractivity contribution < 1.29 is 17.5 Å². The van der Waals surface area contributed by atoms with Crippen LogP contribution in [0.15, 0.2) is 113 Å². The van der Waals surface area contributed by atoms with Gasteiger partial charge in [-0.15, -0.1) is 5.73 Å². The van der Waals surface area contributed by atoms with E-state index in [1.165, 1.54) is 49.6 Å². The smallest absolute Gasteiger partial charge is 0.264 e. The Bertz CT molecular complexity index is 2320. The predicted molar refractivity (Wildman–Crippen MR) is 209 cm³/mol. The normalized spacial score (nSPS) is 18.8. The van der Waals surface area contributed by atoms with Crippen molar-refractivity contribution in [3.63, 3.8) is 0 Å². The van der Waals surface area contributed by atoms with E-state index in [-0.39, 0.29) is 16.6 Å². The molecule has 0 saturated heterocycles. The van der Waals surface area contributed by atoms with E-state index in [4.69, 9.17) is 11.6 Å². The van der Waals surface area contributed by atoms with Crippen LogP contribution in [-0.4, -0.2) is 42.1 Å². The van der Waals surface area contributed by atoms with Crippen molar-refractivity contribution in [1.82, 2.24) is 0 Å². The van der Waals surface area contributed by atoms with Crippen molar-refractivity contribution in [2.75, 3.05) is 23.7 Å². The van der Waals surface area contributed by atoms with Crippen molar-refractivity contribution in [2.24, 2.45) is 0 Å². The fourth-order valence-electron chi connectivity index (χ4n) is 8.62. The highest BCUT2D eigenvalue weighted by Crippen LogP contribution is 2.51. The summed E-state index contributed by atoms with van der Waals surface area (Å²) in [5.74, 6) is -0.273. The molecule has 0 saturated carbocycles. The van der Waals surface area contributed by atoms with Gasteiger partial charge in [0.1, 0.15) is 6.54 Å². The zero-order valence-corrected chi connectivity index (χ0v) is 31.3. The van der Waals surface area contributed by atoms with Gasteiger partial charge in [-0.3, -0.25) is 4.55 Å². The highest BCUT2D eigenvalue weighted by Gasteiger charge is 2.45. The lowest BCUT2D eigenvalue weighted by atomic mass is 9.79. The van der Waals surface area contributed by atoms with Gasteiger partial charge < -0.3 is 4.90 Å². The molecular formula is C43H46ClN2O3S+. The summed E-state index contributed by atoms with van der Waals surface area (Å²) in [6.07, 6.45) is 8.25. The van der Waals surface area contributed by atoms with Crippen molar-refractivity contribution in [1.29, 1.82) is 0 Å². The Morgan fingerprint density at radius 2 is 1.56 bits per heavy atom. The van der Waals surface area contributed by atoms with Crippen LogP contribution in [0.2, 0.25) is 0 Å². The van der Waals surface area contributed by atoms with Gasteiger partial charge in [0.25, 0.3) is 10.1 Å². The molecule has 5 nitrogen and oxygen atoms in total. The van der Waals surface area contributed by atoms with Crippen molar-refractivity contribution >= 4 is 60.4 Å². The molecule has 1 aliphatic carbocycles. The highest BCUT2D eigenvalue weighted by atomic mass is 35.5. The Labute approximate surface area is 301 Å². The molecule has 0 aromatic heterocycles. The number of fused-ring (bicyclic) bond motifs is 6. The van der Waals surface area contributed by atoms with E-state index in [0.29, 0.717) is 19.4 Å². The molecule has 0 atom stereocenters. The molecule has 7 heteroatoms. The molecule has 0 fully saturated rings. The van der Waals surface area contributed by atoms with Crippen LogP contribution in [0.25, 0.3) is 21.5 Å². The van der Waals surface area contributed by atoms with Gasteiger partial charge in [-0.25, -0.2) is 0 Å². The Hall–Kier alpha value is -3.93. The topological polar surface area (TPSA) is 60.6 Å². The minimum Gasteiger partial charge on any atom is -0.344 e. The van der Waals surface area contributed by atoms with E-state index >= 15 is 0 Å². The van der Waals surface area contributed by atoms with E-state index in [0.717, 1.165) is 47.8 Å². The van der Waals surface area contributed by atoms with Crippen LogP contribution in [-0.2, 0) is 20.9 Å². The molecule has 7 rings (SSSR count). The molecule has 258 valence electrons. The van der Waals surface area contributed by atoms with Gasteiger partial charge in [-0.05, 0) is 84.3 Å². The summed E-state index contributed by atoms with van der Waals surface area (Å²) < 4.78 is 35.2. The molecule has 0 spiro atoms. The van der Waals surface area contributed by atoms with Crippen LogP contribution < -0.4 is 4.90 Å². The van der Waals surface area contributed by atoms with Gasteiger partial charge in [0, 0.05) is 53.0 Å². The number of hydrogen-bond acceptors (Lipinski definition) is 3. The zero-order valence-electron chi connectivity index (χ0n) is 29.7. The first-order valence-electron chi connectivity index (χ1n) is 17.8. The van der Waals surface area contributed by atoms with Crippen molar-refractivity contribution in [2.45, 2.75) is 77.6 Å². The lowest BCUT2D eigenvalue weighted by Crippen LogP contribution is -2.28. The van der Waals surface area contributed by atoms with Crippen LogP contribution in [0.3, 0.4) is 0 Å². The summed E-state index contributed by atoms with van der Waals surface area (Å²) in [5, 5.41) is 5.75. The molecule has 0 radical (unpaired) electrons. The minimum atomic E-state index is -4.05. The maximum atomic E-state index is 11.6. The number of halogens is 1. The van der Waals surface area contributed by atoms with Gasteiger partial charge >= 0.3 is 0 Å². The van der Waals surface area contributed by atoms with Gasteiger partial charge in [-0.2, -0.15) is 13.0 Å². The molecule has 0 unspecified atom stereocenters. The third kappa shape index (κ3) is 5.96. The summed E-state index contributed by atoms with van der Waals surface area (Å²) in [4.78, 5) is 2.25. The SMILES string of the molecule is CCC[N+]1=C(C=C=C2CCC(CC=C3N(CCCS(=O)(=O)O)c4ccc5ccccc5c4C3(C)C)=C2Cl)C(C)(C)c2c1ccc1ccccc21. The molecule has 0 bridgehead atoms. The highest BCUT2D eigenvalue weighted by molar-refractivity contribution is 7.85. The number of benzene rings is 4. The largest absolute Gasteiger partial charge is 0.344 e. The molecular weight excluding hydrogens is 660 g/mol. The van der Waals surface area contributed by atoms with Crippen molar-refractivity contribution in [3.8, 4) is 0 Å². The molecule has 2 aliphatic heterocycles. The summed E-state index contributed by atoms with van der Waals surface area (Å²) in [7, 11) is -4.05. The average molecular weight is 706 g/mol. The lowest BCUT2D eigenvalue weighted by Gasteiger charge is -2.27. The molecule has 4 aromatic rings. The van der Waals surface area contributed by atoms with E-state index in [1.54, 1.807) is 0 Å². The van der Waals surface area contributed by atoms with Gasteiger partial charge in [0.05, 0.1) is 16.2 Å². The quantitative estimate of drug-likeness (QED) is 0.107.